The summed E-state index contributed by atoms with van der Waals surface area (Å²) < 4.78 is 33.9. The smallest absolute Gasteiger partial charge is 0.257 e. The molecule has 3 rings (SSSR count). The minimum absolute atomic E-state index is 0.0390. The van der Waals surface area contributed by atoms with Crippen molar-refractivity contribution in [1.29, 1.82) is 5.26 Å². The van der Waals surface area contributed by atoms with E-state index in [1.54, 1.807) is 36.4 Å². The molecule has 2 aromatic rings. The van der Waals surface area contributed by atoms with Gasteiger partial charge in [0.05, 0.1) is 17.6 Å². The summed E-state index contributed by atoms with van der Waals surface area (Å²) in [6.45, 7) is -0.385. The van der Waals surface area contributed by atoms with E-state index in [1.165, 1.54) is 17.2 Å². The van der Waals surface area contributed by atoms with Crippen molar-refractivity contribution >= 4 is 5.91 Å². The van der Waals surface area contributed by atoms with E-state index in [-0.39, 0.29) is 31.5 Å². The highest BCUT2D eigenvalue weighted by molar-refractivity contribution is 5.94. The summed E-state index contributed by atoms with van der Waals surface area (Å²) in [5.41, 5.74) is 0.673. The lowest BCUT2D eigenvalue weighted by Gasteiger charge is -2.38. The summed E-state index contributed by atoms with van der Waals surface area (Å²) in [6.07, 6.45) is 1.10. The lowest BCUT2D eigenvalue weighted by molar-refractivity contribution is -0.110. The van der Waals surface area contributed by atoms with Gasteiger partial charge in [-0.2, -0.15) is 5.26 Å². The Labute approximate surface area is 149 Å². The van der Waals surface area contributed by atoms with Crippen LogP contribution in [0.3, 0.4) is 0 Å². The first kappa shape index (κ1) is 17.8. The monoisotopic (exact) mass is 357 g/mol. The number of alkyl halides is 2. The first-order valence-electron chi connectivity index (χ1n) is 8.21. The van der Waals surface area contributed by atoms with Crippen LogP contribution >= 0.6 is 0 Å². The van der Waals surface area contributed by atoms with Crippen LogP contribution < -0.4 is 4.74 Å². The zero-order valence-electron chi connectivity index (χ0n) is 13.9. The number of likely N-dealkylation sites (tertiary alicyclic amines) is 1. The van der Waals surface area contributed by atoms with Crippen molar-refractivity contribution < 1.29 is 18.3 Å². The molecule has 1 fully saturated rings. The number of aromatic nitrogens is 1. The minimum Gasteiger partial charge on any atom is -0.477 e. The van der Waals surface area contributed by atoms with Gasteiger partial charge in [-0.15, -0.1) is 0 Å². The number of hydrogen-bond acceptors (Lipinski definition) is 4. The van der Waals surface area contributed by atoms with Crippen LogP contribution in [0.2, 0.25) is 0 Å². The Balaban J connectivity index is 1.70. The number of benzene rings is 1. The fourth-order valence-electron chi connectivity index (χ4n) is 2.86. The molecule has 26 heavy (non-hydrogen) atoms. The van der Waals surface area contributed by atoms with Gasteiger partial charge in [-0.25, -0.2) is 13.8 Å². The topological polar surface area (TPSA) is 66.2 Å². The molecule has 1 aromatic carbocycles. The number of rotatable bonds is 4. The first-order chi connectivity index (χ1) is 12.5. The molecule has 1 unspecified atom stereocenters. The second-order valence-electron chi connectivity index (χ2n) is 6.13. The van der Waals surface area contributed by atoms with Gasteiger partial charge in [0.25, 0.3) is 11.8 Å². The lowest BCUT2D eigenvalue weighted by atomic mass is 9.93. The molecule has 5 nitrogen and oxygen atoms in total. The van der Waals surface area contributed by atoms with Crippen molar-refractivity contribution in [3.63, 3.8) is 0 Å². The fraction of sp³-hybridized carbons (Fsp3) is 0.316. The second-order valence-corrected chi connectivity index (χ2v) is 6.13. The summed E-state index contributed by atoms with van der Waals surface area (Å²) in [5.74, 6) is -4.13. The number of nitriles is 1. The molecule has 0 saturated carbocycles. The SMILES string of the molecule is N#Cc1cccc(C(=O)N2CCC(F)(F)C(COc3ccccn3)C2)c1. The zero-order chi connectivity index (χ0) is 18.6. The largest absolute Gasteiger partial charge is 0.477 e. The van der Waals surface area contributed by atoms with E-state index in [1.807, 2.05) is 6.07 Å². The number of carbonyl (C=O) groups excluding carboxylic acids is 1. The molecular weight excluding hydrogens is 340 g/mol. The third-order valence-corrected chi connectivity index (χ3v) is 4.35. The van der Waals surface area contributed by atoms with Crippen LogP contribution in [-0.4, -0.2) is 41.4 Å². The number of nitrogens with zero attached hydrogens (tertiary/aromatic N) is 3. The summed E-state index contributed by atoms with van der Waals surface area (Å²) in [7, 11) is 0. The number of amides is 1. The van der Waals surface area contributed by atoms with Crippen molar-refractivity contribution in [3.05, 3.63) is 59.8 Å². The number of hydrogen-bond donors (Lipinski definition) is 0. The molecule has 134 valence electrons. The van der Waals surface area contributed by atoms with E-state index < -0.39 is 18.3 Å². The van der Waals surface area contributed by atoms with Crippen LogP contribution in [0, 0.1) is 17.2 Å². The first-order valence-corrected chi connectivity index (χ1v) is 8.21. The minimum atomic E-state index is -2.92. The average molecular weight is 357 g/mol. The number of piperidine rings is 1. The number of halogens is 2. The molecule has 1 aliphatic heterocycles. The molecule has 0 bridgehead atoms. The quantitative estimate of drug-likeness (QED) is 0.843. The lowest BCUT2D eigenvalue weighted by Crippen LogP contribution is -2.51. The third kappa shape index (κ3) is 3.97. The van der Waals surface area contributed by atoms with Gasteiger partial charge in [0.2, 0.25) is 5.88 Å². The number of pyridine rings is 1. The highest BCUT2D eigenvalue weighted by atomic mass is 19.3. The molecule has 0 radical (unpaired) electrons. The summed E-state index contributed by atoms with van der Waals surface area (Å²) in [5, 5.41) is 8.95. The predicted molar refractivity (Wildman–Crippen MR) is 89.8 cm³/mol. The van der Waals surface area contributed by atoms with Gasteiger partial charge in [-0.05, 0) is 24.3 Å². The zero-order valence-corrected chi connectivity index (χ0v) is 13.9. The van der Waals surface area contributed by atoms with Crippen molar-refractivity contribution in [2.24, 2.45) is 5.92 Å². The molecule has 1 aliphatic rings. The molecule has 7 heteroatoms. The van der Waals surface area contributed by atoms with Gasteiger partial charge in [0.1, 0.15) is 6.61 Å². The van der Waals surface area contributed by atoms with Crippen molar-refractivity contribution in [3.8, 4) is 11.9 Å². The fourth-order valence-corrected chi connectivity index (χ4v) is 2.86. The molecule has 2 heterocycles. The Morgan fingerprint density at radius 3 is 2.92 bits per heavy atom. The maximum absolute atomic E-state index is 14.2. The Bertz CT molecular complexity index is 821. The predicted octanol–water partition coefficient (Wildman–Crippen LogP) is 3.13. The van der Waals surface area contributed by atoms with E-state index in [9.17, 15) is 13.6 Å². The normalized spacial score (nSPS) is 18.8. The Hall–Kier alpha value is -3.01. The van der Waals surface area contributed by atoms with Crippen LogP contribution in [0.4, 0.5) is 8.78 Å². The highest BCUT2D eigenvalue weighted by Crippen LogP contribution is 2.34. The highest BCUT2D eigenvalue weighted by Gasteiger charge is 2.45. The van der Waals surface area contributed by atoms with Gasteiger partial charge in [0, 0.05) is 37.3 Å². The van der Waals surface area contributed by atoms with Gasteiger partial charge in [-0.1, -0.05) is 12.1 Å². The van der Waals surface area contributed by atoms with Crippen LogP contribution in [0.5, 0.6) is 5.88 Å². The average Bonchev–Trinajstić information content (AvgIpc) is 2.67. The van der Waals surface area contributed by atoms with Crippen LogP contribution in [-0.2, 0) is 0 Å². The van der Waals surface area contributed by atoms with Crippen molar-refractivity contribution in [2.75, 3.05) is 19.7 Å². The van der Waals surface area contributed by atoms with Crippen molar-refractivity contribution in [2.45, 2.75) is 12.3 Å². The summed E-state index contributed by atoms with van der Waals surface area (Å²) in [4.78, 5) is 18.0. The van der Waals surface area contributed by atoms with Crippen LogP contribution in [0.15, 0.2) is 48.7 Å². The van der Waals surface area contributed by atoms with E-state index >= 15 is 0 Å². The molecule has 0 N–H and O–H groups in total. The molecule has 0 aliphatic carbocycles. The second kappa shape index (κ2) is 7.48. The van der Waals surface area contributed by atoms with Crippen LogP contribution in [0.25, 0.3) is 0 Å². The maximum atomic E-state index is 14.2. The molecular formula is C19H17F2N3O2. The van der Waals surface area contributed by atoms with Crippen LogP contribution in [0.1, 0.15) is 22.3 Å². The van der Waals surface area contributed by atoms with E-state index in [0.717, 1.165) is 0 Å². The Morgan fingerprint density at radius 1 is 1.35 bits per heavy atom. The summed E-state index contributed by atoms with van der Waals surface area (Å²) in [6, 6.07) is 13.2. The van der Waals surface area contributed by atoms with Gasteiger partial charge in [0.15, 0.2) is 0 Å². The van der Waals surface area contributed by atoms with E-state index in [2.05, 4.69) is 4.98 Å². The molecule has 1 amide bonds. The molecule has 0 spiro atoms. The maximum Gasteiger partial charge on any atom is 0.257 e. The molecule has 1 saturated heterocycles. The Kier molecular flexibility index (Phi) is 5.12. The summed E-state index contributed by atoms with van der Waals surface area (Å²) >= 11 is 0. The van der Waals surface area contributed by atoms with Gasteiger partial charge in [-0.3, -0.25) is 4.79 Å². The van der Waals surface area contributed by atoms with Gasteiger partial charge >= 0.3 is 0 Å². The third-order valence-electron chi connectivity index (χ3n) is 4.35. The number of ether oxygens (including phenoxy) is 1. The number of carbonyl (C=O) groups is 1. The van der Waals surface area contributed by atoms with E-state index in [0.29, 0.717) is 11.1 Å². The van der Waals surface area contributed by atoms with E-state index in [4.69, 9.17) is 10.00 Å². The van der Waals surface area contributed by atoms with Gasteiger partial charge < -0.3 is 9.64 Å². The van der Waals surface area contributed by atoms with Crippen molar-refractivity contribution in [1.82, 2.24) is 9.88 Å². The molecule has 1 atom stereocenters. The Morgan fingerprint density at radius 2 is 2.19 bits per heavy atom. The molecule has 1 aromatic heterocycles. The standard InChI is InChI=1S/C19H17F2N3O2/c20-19(21)7-9-24(18(25)15-5-3-4-14(10-15)11-22)12-16(19)13-26-17-6-1-2-8-23-17/h1-6,8,10,16H,7,9,12-13H2.